The summed E-state index contributed by atoms with van der Waals surface area (Å²) in [6.45, 7) is 7.48. The molecule has 1 saturated carbocycles. The van der Waals surface area contributed by atoms with Crippen LogP contribution in [-0.4, -0.2) is 87.2 Å². The number of aliphatic hydroxyl groups excluding tert-OH is 1. The number of ether oxygens (including phenoxy) is 6. The highest BCUT2D eigenvalue weighted by Crippen LogP contribution is 2.54. The van der Waals surface area contributed by atoms with E-state index in [2.05, 4.69) is 24.8 Å². The van der Waals surface area contributed by atoms with Crippen LogP contribution in [0.4, 0.5) is 0 Å². The highest BCUT2D eigenvalue weighted by Gasteiger charge is 2.52. The number of aliphatic hydroxyl groups is 1. The van der Waals surface area contributed by atoms with Crippen LogP contribution < -0.4 is 0 Å². The molecule has 244 valence electrons. The molecule has 0 unspecified atom stereocenters. The first-order valence-electron chi connectivity index (χ1n) is 16.2. The molecule has 44 heavy (non-hydrogen) atoms. The number of hydrogen-bond acceptors (Lipinski definition) is 9. The molecule has 3 aliphatic carbocycles. The van der Waals surface area contributed by atoms with E-state index in [1.807, 2.05) is 19.9 Å². The standard InChI is InChI=1S/C35H50O9/c1-7-8-10-22-11-9-12-29(36)19(2)31(38)28-17-26-24(27(28)18-30(37)43-22)14-13-21-15-23(16-25(21)26)44-35-34(41-6)33(40-5)32(39-4)20(3)42-35/h7-8,10,13-14,17,19-27,29,32-36H,1,9,11-12,15-16,18H2,2-6H3/b10-8+/t19-,20+,21-,22+,23-,24-,25-,26-,27+,29+,32+,33-,34-,35+/m1/s1. The maximum absolute atomic E-state index is 13.8. The van der Waals surface area contributed by atoms with Crippen LogP contribution in [0, 0.1) is 35.5 Å². The molecule has 0 aromatic carbocycles. The third kappa shape index (κ3) is 6.69. The fourth-order valence-corrected chi connectivity index (χ4v) is 8.32. The summed E-state index contributed by atoms with van der Waals surface area (Å²) < 4.78 is 35.9. The fraction of sp³-hybridized carbons (Fsp3) is 0.714. The van der Waals surface area contributed by atoms with Crippen LogP contribution in [0.15, 0.2) is 48.6 Å². The number of carbonyl (C=O) groups is 2. The van der Waals surface area contributed by atoms with Gasteiger partial charge in [0, 0.05) is 33.2 Å². The van der Waals surface area contributed by atoms with Crippen LogP contribution in [0.5, 0.6) is 0 Å². The molecular formula is C35H50O9. The highest BCUT2D eigenvalue weighted by atomic mass is 16.7. The van der Waals surface area contributed by atoms with E-state index in [9.17, 15) is 14.7 Å². The Morgan fingerprint density at radius 2 is 1.73 bits per heavy atom. The molecule has 2 aliphatic heterocycles. The normalized spacial score (nSPS) is 44.6. The van der Waals surface area contributed by atoms with Gasteiger partial charge in [-0.05, 0) is 74.3 Å². The van der Waals surface area contributed by atoms with Gasteiger partial charge in [0.25, 0.3) is 0 Å². The average Bonchev–Trinajstić information content (AvgIpc) is 3.58. The number of methoxy groups -OCH3 is 3. The van der Waals surface area contributed by atoms with Crippen molar-refractivity contribution in [2.24, 2.45) is 35.5 Å². The summed E-state index contributed by atoms with van der Waals surface area (Å²) >= 11 is 0. The van der Waals surface area contributed by atoms with Crippen molar-refractivity contribution in [2.75, 3.05) is 21.3 Å². The van der Waals surface area contributed by atoms with E-state index in [-0.39, 0.29) is 78.3 Å². The van der Waals surface area contributed by atoms with Crippen molar-refractivity contribution in [1.29, 1.82) is 0 Å². The van der Waals surface area contributed by atoms with E-state index in [0.717, 1.165) is 12.8 Å². The van der Waals surface area contributed by atoms with E-state index >= 15 is 0 Å². The van der Waals surface area contributed by atoms with E-state index in [4.69, 9.17) is 28.4 Å². The number of allylic oxidation sites excluding steroid dienone is 6. The quantitative estimate of drug-likeness (QED) is 0.254. The SMILES string of the molecule is C=C/C=C/[C@H]1CCC[C@H](O)[C@@H](C)C(=O)C2=C[C@@H]3[C@@H](C=C[C@@H]4C[C@@H](O[C@@H]5O[C@@H](C)[C@H](OC)[C@@H](OC)[C@H]5OC)C[C@@H]34)[C@@H]2CC(=O)O1. The number of rotatable bonds is 7. The van der Waals surface area contributed by atoms with Crippen LogP contribution in [-0.2, 0) is 38.0 Å². The number of ketones is 1. The highest BCUT2D eigenvalue weighted by molar-refractivity contribution is 5.99. The second kappa shape index (κ2) is 14.5. The first-order valence-corrected chi connectivity index (χ1v) is 16.2. The Kier molecular flexibility index (Phi) is 11.0. The topological polar surface area (TPSA) is 110 Å². The zero-order valence-corrected chi connectivity index (χ0v) is 26.7. The Morgan fingerprint density at radius 3 is 2.43 bits per heavy atom. The minimum atomic E-state index is -0.751. The molecule has 0 amide bonds. The lowest BCUT2D eigenvalue weighted by Crippen LogP contribution is -2.59. The molecule has 5 rings (SSSR count). The van der Waals surface area contributed by atoms with Crippen LogP contribution in [0.3, 0.4) is 0 Å². The minimum Gasteiger partial charge on any atom is -0.458 e. The summed E-state index contributed by atoms with van der Waals surface area (Å²) in [5, 5.41) is 10.9. The predicted octanol–water partition coefficient (Wildman–Crippen LogP) is 4.34. The van der Waals surface area contributed by atoms with Gasteiger partial charge in [-0.2, -0.15) is 0 Å². The minimum absolute atomic E-state index is 0.00830. The number of Topliss-reactive ketones (excluding diaryl/α,β-unsaturated/α-hetero) is 1. The van der Waals surface area contributed by atoms with Gasteiger partial charge in [-0.15, -0.1) is 0 Å². The maximum atomic E-state index is 13.8. The molecule has 2 heterocycles. The van der Waals surface area contributed by atoms with Crippen molar-refractivity contribution in [3.05, 3.63) is 48.6 Å². The van der Waals surface area contributed by atoms with E-state index in [1.165, 1.54) is 0 Å². The largest absolute Gasteiger partial charge is 0.458 e. The first-order chi connectivity index (χ1) is 21.2. The average molecular weight is 615 g/mol. The molecule has 9 heteroatoms. The fourth-order valence-electron chi connectivity index (χ4n) is 8.32. The summed E-state index contributed by atoms with van der Waals surface area (Å²) in [6.07, 6.45) is 12.2. The van der Waals surface area contributed by atoms with Crippen LogP contribution in [0.1, 0.15) is 52.4 Å². The van der Waals surface area contributed by atoms with Crippen LogP contribution in [0.2, 0.25) is 0 Å². The van der Waals surface area contributed by atoms with Gasteiger partial charge in [-0.1, -0.05) is 43.9 Å². The Hall–Kier alpha value is -2.14. The molecule has 0 aromatic heterocycles. The molecular weight excluding hydrogens is 564 g/mol. The summed E-state index contributed by atoms with van der Waals surface area (Å²) in [7, 11) is 4.92. The Morgan fingerprint density at radius 1 is 0.977 bits per heavy atom. The molecule has 5 aliphatic rings. The molecule has 14 atom stereocenters. The molecule has 0 bridgehead atoms. The number of hydrogen-bond donors (Lipinski definition) is 1. The molecule has 2 saturated heterocycles. The number of cyclic esters (lactones) is 1. The van der Waals surface area contributed by atoms with Crippen molar-refractivity contribution >= 4 is 11.8 Å². The van der Waals surface area contributed by atoms with Crippen molar-refractivity contribution < 1.29 is 43.1 Å². The van der Waals surface area contributed by atoms with Gasteiger partial charge >= 0.3 is 5.97 Å². The van der Waals surface area contributed by atoms with Crippen LogP contribution in [0.25, 0.3) is 0 Å². The number of fused-ring (bicyclic) bond motifs is 5. The van der Waals surface area contributed by atoms with Gasteiger partial charge in [0.15, 0.2) is 12.1 Å². The Bertz CT molecular complexity index is 1130. The van der Waals surface area contributed by atoms with Gasteiger partial charge in [0.2, 0.25) is 0 Å². The monoisotopic (exact) mass is 614 g/mol. The van der Waals surface area contributed by atoms with Crippen molar-refractivity contribution in [3.63, 3.8) is 0 Å². The molecule has 1 N–H and O–H groups in total. The van der Waals surface area contributed by atoms with Gasteiger partial charge in [-0.3, -0.25) is 9.59 Å². The van der Waals surface area contributed by atoms with Gasteiger partial charge in [0.1, 0.15) is 24.4 Å². The summed E-state index contributed by atoms with van der Waals surface area (Å²) in [4.78, 5) is 27.1. The zero-order chi connectivity index (χ0) is 31.5. The molecule has 0 radical (unpaired) electrons. The lowest BCUT2D eigenvalue weighted by molar-refractivity contribution is -0.314. The summed E-state index contributed by atoms with van der Waals surface area (Å²) in [6, 6.07) is 0. The van der Waals surface area contributed by atoms with E-state index in [1.54, 1.807) is 33.5 Å². The smallest absolute Gasteiger partial charge is 0.307 e. The lowest BCUT2D eigenvalue weighted by Gasteiger charge is -2.44. The molecule has 0 aromatic rings. The van der Waals surface area contributed by atoms with Gasteiger partial charge in [0.05, 0.1) is 24.7 Å². The maximum Gasteiger partial charge on any atom is 0.307 e. The molecule has 3 fully saturated rings. The number of carbonyl (C=O) groups excluding carboxylic acids is 2. The van der Waals surface area contributed by atoms with E-state index < -0.39 is 24.4 Å². The zero-order valence-electron chi connectivity index (χ0n) is 26.7. The van der Waals surface area contributed by atoms with Gasteiger partial charge in [-0.25, -0.2) is 0 Å². The Balaban J connectivity index is 1.34. The lowest BCUT2D eigenvalue weighted by atomic mass is 9.70. The van der Waals surface area contributed by atoms with E-state index in [0.29, 0.717) is 24.8 Å². The van der Waals surface area contributed by atoms with Crippen molar-refractivity contribution in [3.8, 4) is 0 Å². The second-order valence-electron chi connectivity index (χ2n) is 13.1. The third-order valence-corrected chi connectivity index (χ3v) is 10.6. The Labute approximate surface area is 261 Å². The van der Waals surface area contributed by atoms with Gasteiger partial charge < -0.3 is 33.5 Å². The molecule has 0 spiro atoms. The summed E-state index contributed by atoms with van der Waals surface area (Å²) in [5.74, 6) is -0.554. The van der Waals surface area contributed by atoms with Crippen molar-refractivity contribution in [2.45, 2.75) is 101 Å². The summed E-state index contributed by atoms with van der Waals surface area (Å²) in [5.41, 5.74) is 0.661. The molecule has 9 nitrogen and oxygen atoms in total. The predicted molar refractivity (Wildman–Crippen MR) is 163 cm³/mol. The third-order valence-electron chi connectivity index (χ3n) is 10.6. The first kappa shape index (κ1) is 33.2. The second-order valence-corrected chi connectivity index (χ2v) is 13.1. The number of esters is 1. The van der Waals surface area contributed by atoms with Crippen LogP contribution >= 0.6 is 0 Å². The van der Waals surface area contributed by atoms with Crippen molar-refractivity contribution in [1.82, 2.24) is 0 Å².